The minimum absolute atomic E-state index is 0.273. The second kappa shape index (κ2) is 17.8. The summed E-state index contributed by atoms with van der Waals surface area (Å²) >= 11 is 0. The third-order valence-corrected chi connectivity index (χ3v) is 13.8. The minimum Gasteiger partial charge on any atom is -0.458 e. The fourth-order valence-corrected chi connectivity index (χ4v) is 10.9. The lowest BCUT2D eigenvalue weighted by atomic mass is 9.56. The van der Waals surface area contributed by atoms with Crippen molar-refractivity contribution in [1.29, 1.82) is 0 Å². The summed E-state index contributed by atoms with van der Waals surface area (Å²) in [6.07, 6.45) is 5.13. The maximum absolute atomic E-state index is 14.8. The lowest BCUT2D eigenvalue weighted by Gasteiger charge is -2.51. The number of imide groups is 1. The number of aromatic nitrogens is 2. The molecule has 0 aliphatic heterocycles. The third kappa shape index (κ3) is 8.54. The van der Waals surface area contributed by atoms with Crippen LogP contribution in [0.3, 0.4) is 0 Å². The van der Waals surface area contributed by atoms with Crippen LogP contribution in [0, 0.1) is 47.3 Å². The summed E-state index contributed by atoms with van der Waals surface area (Å²) in [6.45, 7) is 1.95. The Morgan fingerprint density at radius 3 is 1.39 bits per heavy atom. The number of hydrogen-bond acceptors (Lipinski definition) is 10. The van der Waals surface area contributed by atoms with Crippen LogP contribution in [-0.4, -0.2) is 122 Å². The molecule has 6 aliphatic rings. The number of carbonyl (C=O) groups excluding carboxylic acids is 6. The molecule has 2 heterocycles. The zero-order valence-corrected chi connectivity index (χ0v) is 35.3. The van der Waals surface area contributed by atoms with Crippen LogP contribution in [-0.2, 0) is 28.7 Å². The van der Waals surface area contributed by atoms with Crippen LogP contribution in [0.2, 0.25) is 0 Å². The lowest BCUT2D eigenvalue weighted by Crippen LogP contribution is -2.62. The monoisotopic (exact) mass is 835 g/mol. The van der Waals surface area contributed by atoms with Crippen molar-refractivity contribution in [2.45, 2.75) is 50.7 Å². The fraction of sp³-hybridized carbons (Fsp3) is 0.522. The lowest BCUT2D eigenvalue weighted by molar-refractivity contribution is -0.162. The van der Waals surface area contributed by atoms with Crippen LogP contribution >= 0.6 is 0 Å². The van der Waals surface area contributed by atoms with Gasteiger partial charge in [0.15, 0.2) is 0 Å². The van der Waals surface area contributed by atoms with Crippen molar-refractivity contribution in [3.8, 4) is 0 Å². The number of rotatable bonds is 14. The van der Waals surface area contributed by atoms with Crippen molar-refractivity contribution < 1.29 is 38.2 Å². The van der Waals surface area contributed by atoms with E-state index in [2.05, 4.69) is 25.9 Å². The zero-order valence-electron chi connectivity index (χ0n) is 35.3. The first kappa shape index (κ1) is 42.2. The number of hydrogen-bond donors (Lipinski definition) is 5. The van der Waals surface area contributed by atoms with Gasteiger partial charge < -0.3 is 39.9 Å². The Hall–Kier alpha value is -5.54. The highest BCUT2D eigenvalue weighted by Crippen LogP contribution is 2.52. The Bertz CT molecular complexity index is 2140. The van der Waals surface area contributed by atoms with E-state index in [1.165, 1.54) is 0 Å². The summed E-state index contributed by atoms with van der Waals surface area (Å²) in [4.78, 5) is 95.2. The van der Waals surface area contributed by atoms with E-state index < -0.39 is 71.5 Å². The quantitative estimate of drug-likeness (QED) is 0.0924. The standard InChI is InChI=1S/C46H57N7O8/c1-52(2)19-17-47-41(54)37-25-13-15-29(35(21-25)60-45(58)31-23-49-33-11-7-5-9-27(31)33)39(37)43(56)51-44(57)40-30-16-14-26(38(40)42(55)48-18-20-53(3)4)22-36(30)61-46(59)32-24-50-34-12-8-6-10-28(32)34/h5-12,23-26,29-30,35-40,49-50H,13-22H2,1-4H3,(H,47,54)(H,48,55)(H,51,56,57). The number of fused-ring (bicyclic) bond motifs is 8. The van der Waals surface area contributed by atoms with E-state index in [-0.39, 0.29) is 23.7 Å². The first-order chi connectivity index (χ1) is 29.4. The molecular weight excluding hydrogens is 779 g/mol. The number of likely N-dealkylation sites (N-methyl/N-ethyl adjacent to an activating group) is 2. The molecule has 6 fully saturated rings. The van der Waals surface area contributed by atoms with Gasteiger partial charge in [-0.15, -0.1) is 0 Å². The summed E-state index contributed by atoms with van der Waals surface area (Å²) in [5.41, 5.74) is 2.35. The highest BCUT2D eigenvalue weighted by atomic mass is 16.5. The van der Waals surface area contributed by atoms with Gasteiger partial charge in [0, 0.05) is 72.2 Å². The number of amides is 4. The summed E-state index contributed by atoms with van der Waals surface area (Å²) in [5.74, 6) is -7.90. The molecule has 4 amide bonds. The fourth-order valence-electron chi connectivity index (χ4n) is 10.9. The first-order valence-corrected chi connectivity index (χ1v) is 21.6. The average Bonchev–Trinajstić information content (AvgIpc) is 3.88. The van der Waals surface area contributed by atoms with Gasteiger partial charge in [0.25, 0.3) is 0 Å². The molecule has 0 spiro atoms. The number of H-pyrrole nitrogens is 2. The predicted octanol–water partition coefficient (Wildman–Crippen LogP) is 3.72. The SMILES string of the molecule is CN(C)CCNC(=O)C1C2CCC(C(OC(=O)c3c[nH]c4ccccc34)C2)C1C(=O)NC(=O)C1C2CCC(CC2OC(=O)c2c[nH]c3ccccc23)C1C(=O)NCCN(C)C. The average molecular weight is 836 g/mol. The van der Waals surface area contributed by atoms with E-state index in [9.17, 15) is 28.8 Å². The summed E-state index contributed by atoms with van der Waals surface area (Å²) in [6, 6.07) is 14.9. The van der Waals surface area contributed by atoms with E-state index in [4.69, 9.17) is 9.47 Å². The van der Waals surface area contributed by atoms with Crippen molar-refractivity contribution in [2.75, 3.05) is 54.4 Å². The molecule has 10 rings (SSSR count). The predicted molar refractivity (Wildman–Crippen MR) is 227 cm³/mol. The Kier molecular flexibility index (Phi) is 12.3. The second-order valence-electron chi connectivity index (χ2n) is 18.0. The maximum Gasteiger partial charge on any atom is 0.340 e. The van der Waals surface area contributed by atoms with Crippen molar-refractivity contribution >= 4 is 57.4 Å². The highest BCUT2D eigenvalue weighted by molar-refractivity contribution is 6.05. The van der Waals surface area contributed by atoms with Crippen molar-refractivity contribution in [1.82, 2.24) is 35.7 Å². The van der Waals surface area contributed by atoms with E-state index in [0.29, 0.717) is 75.8 Å². The molecule has 6 aliphatic carbocycles. The molecule has 4 aromatic rings. The molecule has 0 saturated heterocycles. The number of nitrogens with one attached hydrogen (secondary N) is 5. The normalized spacial score (nSPS) is 27.9. The molecule has 324 valence electrons. The summed E-state index contributed by atoms with van der Waals surface area (Å²) in [7, 11) is 7.63. The zero-order chi connectivity index (χ0) is 42.9. The van der Waals surface area contributed by atoms with Crippen LogP contribution < -0.4 is 16.0 Å². The van der Waals surface area contributed by atoms with Crippen LogP contribution in [0.5, 0.6) is 0 Å². The highest BCUT2D eigenvalue weighted by Gasteiger charge is 2.58. The van der Waals surface area contributed by atoms with E-state index >= 15 is 0 Å². The molecule has 0 radical (unpaired) electrons. The summed E-state index contributed by atoms with van der Waals surface area (Å²) in [5, 5.41) is 10.2. The number of benzene rings is 2. The van der Waals surface area contributed by atoms with Crippen molar-refractivity contribution in [2.24, 2.45) is 47.3 Å². The molecule has 5 N–H and O–H groups in total. The number of carbonyl (C=O) groups is 6. The van der Waals surface area contributed by atoms with E-state index in [0.717, 1.165) is 21.8 Å². The van der Waals surface area contributed by atoms with Gasteiger partial charge in [-0.25, -0.2) is 9.59 Å². The third-order valence-electron chi connectivity index (χ3n) is 13.8. The number of nitrogens with zero attached hydrogens (tertiary/aromatic N) is 2. The molecular formula is C46H57N7O8. The molecule has 2 aromatic heterocycles. The number of esters is 2. The second-order valence-corrected chi connectivity index (χ2v) is 18.0. The molecule has 15 nitrogen and oxygen atoms in total. The Labute approximate surface area is 355 Å². The number of ether oxygens (including phenoxy) is 2. The van der Waals surface area contributed by atoms with Gasteiger partial charge in [-0.2, -0.15) is 0 Å². The molecule has 4 bridgehead atoms. The molecule has 61 heavy (non-hydrogen) atoms. The number of para-hydroxylation sites is 2. The van der Waals surface area contributed by atoms with Gasteiger partial charge in [-0.3, -0.25) is 24.5 Å². The van der Waals surface area contributed by atoms with Gasteiger partial charge >= 0.3 is 11.9 Å². The molecule has 6 saturated carbocycles. The van der Waals surface area contributed by atoms with Gasteiger partial charge in [0.05, 0.1) is 34.8 Å². The molecule has 10 unspecified atom stereocenters. The van der Waals surface area contributed by atoms with Crippen LogP contribution in [0.25, 0.3) is 21.8 Å². The Morgan fingerprint density at radius 2 is 0.984 bits per heavy atom. The van der Waals surface area contributed by atoms with E-state index in [1.54, 1.807) is 12.4 Å². The van der Waals surface area contributed by atoms with Crippen molar-refractivity contribution in [3.05, 3.63) is 72.1 Å². The van der Waals surface area contributed by atoms with Gasteiger partial charge in [-0.1, -0.05) is 36.4 Å². The maximum atomic E-state index is 14.8. The molecule has 15 heteroatoms. The van der Waals surface area contributed by atoms with Crippen LogP contribution in [0.1, 0.15) is 59.2 Å². The Morgan fingerprint density at radius 1 is 0.574 bits per heavy atom. The van der Waals surface area contributed by atoms with Crippen LogP contribution in [0.4, 0.5) is 0 Å². The molecule has 2 aromatic carbocycles. The van der Waals surface area contributed by atoms with Gasteiger partial charge in [0.2, 0.25) is 23.6 Å². The van der Waals surface area contributed by atoms with Crippen LogP contribution in [0.15, 0.2) is 60.9 Å². The molecule has 10 atom stereocenters. The summed E-state index contributed by atoms with van der Waals surface area (Å²) < 4.78 is 12.4. The minimum atomic E-state index is -0.972. The Balaban J connectivity index is 1.05. The van der Waals surface area contributed by atoms with Crippen molar-refractivity contribution in [3.63, 3.8) is 0 Å². The smallest absolute Gasteiger partial charge is 0.340 e. The topological polar surface area (TPSA) is 195 Å². The van der Waals surface area contributed by atoms with E-state index in [1.807, 2.05) is 86.5 Å². The van der Waals surface area contributed by atoms with Gasteiger partial charge in [-0.05, 0) is 90.7 Å². The number of aromatic amines is 2. The van der Waals surface area contributed by atoms with Gasteiger partial charge in [0.1, 0.15) is 12.2 Å². The largest absolute Gasteiger partial charge is 0.458 e. The first-order valence-electron chi connectivity index (χ1n) is 21.6.